The highest BCUT2D eigenvalue weighted by Crippen LogP contribution is 2.56. The maximum atomic E-state index is 4.49. The summed E-state index contributed by atoms with van der Waals surface area (Å²) in [5.74, 6) is 5.14. The van der Waals surface area contributed by atoms with E-state index in [4.69, 9.17) is 0 Å². The van der Waals surface area contributed by atoms with Crippen molar-refractivity contribution >= 4 is 0 Å². The topological polar surface area (TPSA) is 29.9 Å². The Labute approximate surface area is 115 Å². The molecule has 0 radical (unpaired) electrons. The van der Waals surface area contributed by atoms with Crippen molar-refractivity contribution in [2.75, 3.05) is 7.05 Å². The van der Waals surface area contributed by atoms with Crippen LogP contribution in [0.15, 0.2) is 12.5 Å². The van der Waals surface area contributed by atoms with Gasteiger partial charge in [0.15, 0.2) is 0 Å². The van der Waals surface area contributed by atoms with Crippen molar-refractivity contribution in [2.45, 2.75) is 45.2 Å². The maximum Gasteiger partial charge on any atom is 0.0950 e. The Morgan fingerprint density at radius 2 is 1.84 bits per heavy atom. The lowest BCUT2D eigenvalue weighted by atomic mass is 9.52. The van der Waals surface area contributed by atoms with Crippen molar-refractivity contribution in [3.8, 4) is 0 Å². The lowest BCUT2D eigenvalue weighted by Gasteiger charge is -2.54. The molecule has 4 aliphatic rings. The van der Waals surface area contributed by atoms with Gasteiger partial charge in [-0.25, -0.2) is 4.98 Å². The van der Waals surface area contributed by atoms with E-state index < -0.39 is 0 Å². The molecule has 1 heterocycles. The van der Waals surface area contributed by atoms with Crippen LogP contribution in [-0.4, -0.2) is 16.6 Å². The van der Waals surface area contributed by atoms with Gasteiger partial charge in [0, 0.05) is 19.3 Å². The number of nitrogens with one attached hydrogen (secondary N) is 1. The van der Waals surface area contributed by atoms with Crippen LogP contribution < -0.4 is 5.32 Å². The highest BCUT2D eigenvalue weighted by molar-refractivity contribution is 5.00. The van der Waals surface area contributed by atoms with E-state index >= 15 is 0 Å². The average Bonchev–Trinajstić information content (AvgIpc) is 2.81. The molecule has 1 aromatic heterocycles. The van der Waals surface area contributed by atoms with Crippen LogP contribution >= 0.6 is 0 Å². The third-order valence-electron chi connectivity index (χ3n) is 5.89. The van der Waals surface area contributed by atoms with E-state index in [2.05, 4.69) is 21.1 Å². The Bertz CT molecular complexity index is 423. The Morgan fingerprint density at radius 1 is 1.16 bits per heavy atom. The molecule has 5 rings (SSSR count). The number of rotatable bonds is 4. The fraction of sp³-hybridized carbons (Fsp3) is 0.812. The van der Waals surface area contributed by atoms with Gasteiger partial charge in [-0.05, 0) is 68.7 Å². The molecule has 0 amide bonds. The van der Waals surface area contributed by atoms with Gasteiger partial charge < -0.3 is 9.88 Å². The molecule has 4 saturated carbocycles. The minimum Gasteiger partial charge on any atom is -0.337 e. The van der Waals surface area contributed by atoms with Gasteiger partial charge in [0.05, 0.1) is 12.0 Å². The molecule has 0 spiro atoms. The Hall–Kier alpha value is -0.830. The van der Waals surface area contributed by atoms with Gasteiger partial charge in [-0.2, -0.15) is 0 Å². The van der Waals surface area contributed by atoms with E-state index in [0.717, 1.165) is 36.1 Å². The van der Waals surface area contributed by atoms with Crippen LogP contribution in [0.4, 0.5) is 0 Å². The summed E-state index contributed by atoms with van der Waals surface area (Å²) in [6.45, 7) is 2.10. The second-order valence-electron chi connectivity index (χ2n) is 7.19. The smallest absolute Gasteiger partial charge is 0.0950 e. The number of nitrogens with zero attached hydrogens (tertiary/aromatic N) is 2. The molecule has 0 aliphatic heterocycles. The normalized spacial score (nSPS) is 39.9. The van der Waals surface area contributed by atoms with Crippen LogP contribution in [0.1, 0.15) is 37.8 Å². The summed E-state index contributed by atoms with van der Waals surface area (Å²) in [6.07, 6.45) is 11.9. The molecular formula is C16H25N3. The molecular weight excluding hydrogens is 234 g/mol. The predicted molar refractivity (Wildman–Crippen MR) is 75.5 cm³/mol. The lowest BCUT2D eigenvalue weighted by Crippen LogP contribution is -2.46. The minimum atomic E-state index is 0.884. The van der Waals surface area contributed by atoms with E-state index in [1.165, 1.54) is 37.9 Å². The second kappa shape index (κ2) is 4.62. The summed E-state index contributed by atoms with van der Waals surface area (Å²) in [5.41, 5.74) is 1.17. The largest absolute Gasteiger partial charge is 0.337 e. The first-order valence-electron chi connectivity index (χ1n) is 7.97. The van der Waals surface area contributed by atoms with Crippen LogP contribution in [0.3, 0.4) is 0 Å². The quantitative estimate of drug-likeness (QED) is 0.901. The third-order valence-corrected chi connectivity index (χ3v) is 5.89. The minimum absolute atomic E-state index is 0.884. The van der Waals surface area contributed by atoms with E-state index in [1.54, 1.807) is 6.42 Å². The molecule has 4 aliphatic carbocycles. The van der Waals surface area contributed by atoms with Gasteiger partial charge in [-0.3, -0.25) is 0 Å². The molecule has 1 N–H and O–H groups in total. The van der Waals surface area contributed by atoms with Crippen molar-refractivity contribution in [1.82, 2.24) is 14.9 Å². The maximum absolute atomic E-state index is 4.49. The van der Waals surface area contributed by atoms with Gasteiger partial charge in [0.2, 0.25) is 0 Å². The van der Waals surface area contributed by atoms with Crippen LogP contribution in [-0.2, 0) is 13.1 Å². The molecule has 0 atom stereocenters. The third kappa shape index (κ3) is 2.12. The number of hydrogen-bond acceptors (Lipinski definition) is 2. The van der Waals surface area contributed by atoms with Crippen molar-refractivity contribution in [3.05, 3.63) is 18.2 Å². The van der Waals surface area contributed by atoms with E-state index in [-0.39, 0.29) is 0 Å². The first-order valence-corrected chi connectivity index (χ1v) is 7.97. The summed E-state index contributed by atoms with van der Waals surface area (Å²) in [5, 5.41) is 3.18. The highest BCUT2D eigenvalue weighted by Gasteiger charge is 2.47. The second-order valence-corrected chi connectivity index (χ2v) is 7.19. The first-order chi connectivity index (χ1) is 9.31. The highest BCUT2D eigenvalue weighted by atomic mass is 15.0. The molecule has 3 heteroatoms. The molecule has 1 aromatic rings. The van der Waals surface area contributed by atoms with Crippen LogP contribution in [0.5, 0.6) is 0 Å². The molecule has 19 heavy (non-hydrogen) atoms. The molecule has 0 aromatic carbocycles. The van der Waals surface area contributed by atoms with Crippen molar-refractivity contribution in [2.24, 2.45) is 29.6 Å². The SMILES string of the molecule is CNCc1cn(CC2C3CC4CC(C3)CC2C4)cn1. The predicted octanol–water partition coefficient (Wildman–Crippen LogP) is 2.67. The number of aromatic nitrogens is 2. The van der Waals surface area contributed by atoms with Gasteiger partial charge in [-0.1, -0.05) is 0 Å². The molecule has 3 nitrogen and oxygen atoms in total. The summed E-state index contributed by atoms with van der Waals surface area (Å²) in [7, 11) is 1.98. The summed E-state index contributed by atoms with van der Waals surface area (Å²) in [4.78, 5) is 4.49. The van der Waals surface area contributed by atoms with Crippen molar-refractivity contribution in [3.63, 3.8) is 0 Å². The molecule has 0 unspecified atom stereocenters. The van der Waals surface area contributed by atoms with E-state index in [1.807, 2.05) is 13.4 Å². The van der Waals surface area contributed by atoms with Crippen molar-refractivity contribution in [1.29, 1.82) is 0 Å². The van der Waals surface area contributed by atoms with Gasteiger partial charge in [0.1, 0.15) is 0 Å². The number of imidazole rings is 1. The molecule has 0 saturated heterocycles. The van der Waals surface area contributed by atoms with Gasteiger partial charge in [-0.15, -0.1) is 0 Å². The van der Waals surface area contributed by atoms with Gasteiger partial charge in [0.25, 0.3) is 0 Å². The molecule has 4 fully saturated rings. The Morgan fingerprint density at radius 3 is 2.47 bits per heavy atom. The summed E-state index contributed by atoms with van der Waals surface area (Å²) >= 11 is 0. The van der Waals surface area contributed by atoms with Crippen molar-refractivity contribution < 1.29 is 0 Å². The fourth-order valence-corrected chi connectivity index (χ4v) is 5.36. The van der Waals surface area contributed by atoms with E-state index in [9.17, 15) is 0 Å². The van der Waals surface area contributed by atoms with Crippen LogP contribution in [0.25, 0.3) is 0 Å². The Kier molecular flexibility index (Phi) is 2.91. The zero-order valence-corrected chi connectivity index (χ0v) is 11.9. The van der Waals surface area contributed by atoms with Crippen LogP contribution in [0.2, 0.25) is 0 Å². The zero-order chi connectivity index (χ0) is 12.8. The summed E-state index contributed by atoms with van der Waals surface area (Å²) < 4.78 is 2.35. The average molecular weight is 259 g/mol. The fourth-order valence-electron chi connectivity index (χ4n) is 5.36. The molecule has 4 bridgehead atoms. The summed E-state index contributed by atoms with van der Waals surface area (Å²) in [6, 6.07) is 0. The van der Waals surface area contributed by atoms with Crippen LogP contribution in [0, 0.1) is 29.6 Å². The van der Waals surface area contributed by atoms with Gasteiger partial charge >= 0.3 is 0 Å². The standard InChI is InChI=1S/C16H25N3/c1-17-7-15-8-19(10-18-15)9-16-13-3-11-2-12(5-13)6-14(16)4-11/h8,10-14,16-17H,2-7,9H2,1H3. The zero-order valence-electron chi connectivity index (χ0n) is 11.9. The Balaban J connectivity index is 1.47. The first kappa shape index (κ1) is 12.0. The molecule has 104 valence electrons. The number of hydrogen-bond donors (Lipinski definition) is 1. The lowest BCUT2D eigenvalue weighted by molar-refractivity contribution is -0.0430. The van der Waals surface area contributed by atoms with E-state index in [0.29, 0.717) is 0 Å². The monoisotopic (exact) mass is 259 g/mol.